The van der Waals surface area contributed by atoms with Crippen LogP contribution in [0.1, 0.15) is 17.1 Å². The standard InChI is InChI=1S/C16H16N2/c1-11-10-16(18-12(2)8-9-13(18)3)14-6-4-5-7-15(14)17-11/h4-10H,1-3H3. The lowest BCUT2D eigenvalue weighted by Crippen LogP contribution is -2.01. The molecule has 2 heteroatoms. The van der Waals surface area contributed by atoms with Crippen LogP contribution in [0.2, 0.25) is 0 Å². The number of fused-ring (bicyclic) bond motifs is 1. The fourth-order valence-corrected chi connectivity index (χ4v) is 2.52. The highest BCUT2D eigenvalue weighted by Gasteiger charge is 2.09. The number of nitrogens with zero attached hydrogens (tertiary/aromatic N) is 2. The Labute approximate surface area is 107 Å². The average Bonchev–Trinajstić information content (AvgIpc) is 2.68. The summed E-state index contributed by atoms with van der Waals surface area (Å²) in [6.07, 6.45) is 0. The fourth-order valence-electron chi connectivity index (χ4n) is 2.52. The highest BCUT2D eigenvalue weighted by molar-refractivity contribution is 5.87. The van der Waals surface area contributed by atoms with Gasteiger partial charge in [-0.2, -0.15) is 0 Å². The van der Waals surface area contributed by atoms with Crippen LogP contribution in [0.5, 0.6) is 0 Å². The third-order valence-electron chi connectivity index (χ3n) is 3.33. The molecule has 0 radical (unpaired) electrons. The summed E-state index contributed by atoms with van der Waals surface area (Å²) in [4.78, 5) is 4.59. The van der Waals surface area contributed by atoms with Gasteiger partial charge >= 0.3 is 0 Å². The van der Waals surface area contributed by atoms with Crippen LogP contribution in [0.25, 0.3) is 16.6 Å². The Morgan fingerprint density at radius 2 is 1.56 bits per heavy atom. The molecule has 3 rings (SSSR count). The number of pyridine rings is 1. The molecule has 0 bridgehead atoms. The normalized spacial score (nSPS) is 11.1. The Morgan fingerprint density at radius 1 is 0.889 bits per heavy atom. The summed E-state index contributed by atoms with van der Waals surface area (Å²) < 4.78 is 2.29. The summed E-state index contributed by atoms with van der Waals surface area (Å²) in [5.74, 6) is 0. The maximum atomic E-state index is 4.59. The van der Waals surface area contributed by atoms with Gasteiger partial charge in [0, 0.05) is 22.5 Å². The molecule has 0 saturated heterocycles. The van der Waals surface area contributed by atoms with Crippen molar-refractivity contribution in [2.45, 2.75) is 20.8 Å². The van der Waals surface area contributed by atoms with Crippen LogP contribution in [-0.2, 0) is 0 Å². The predicted octanol–water partition coefficient (Wildman–Crippen LogP) is 3.95. The number of benzene rings is 1. The van der Waals surface area contributed by atoms with Crippen molar-refractivity contribution in [2.75, 3.05) is 0 Å². The maximum Gasteiger partial charge on any atom is 0.0726 e. The first-order chi connectivity index (χ1) is 8.66. The summed E-state index contributed by atoms with van der Waals surface area (Å²) >= 11 is 0. The van der Waals surface area contributed by atoms with Gasteiger partial charge in [-0.1, -0.05) is 18.2 Å². The van der Waals surface area contributed by atoms with E-state index in [0.717, 1.165) is 11.2 Å². The first kappa shape index (κ1) is 11.0. The summed E-state index contributed by atoms with van der Waals surface area (Å²) in [7, 11) is 0. The van der Waals surface area contributed by atoms with Crippen molar-refractivity contribution in [3.05, 3.63) is 59.5 Å². The lowest BCUT2D eigenvalue weighted by Gasteiger charge is -2.13. The van der Waals surface area contributed by atoms with Crippen LogP contribution in [-0.4, -0.2) is 9.55 Å². The predicted molar refractivity (Wildman–Crippen MR) is 75.3 cm³/mol. The smallest absolute Gasteiger partial charge is 0.0726 e. The number of aryl methyl sites for hydroxylation is 3. The molecular weight excluding hydrogens is 220 g/mol. The number of hydrogen-bond donors (Lipinski definition) is 0. The van der Waals surface area contributed by atoms with Crippen LogP contribution in [0.4, 0.5) is 0 Å². The van der Waals surface area contributed by atoms with Crippen molar-refractivity contribution in [1.82, 2.24) is 9.55 Å². The molecule has 3 aromatic rings. The number of aromatic nitrogens is 2. The minimum absolute atomic E-state index is 1.05. The van der Waals surface area contributed by atoms with Gasteiger partial charge in [-0.05, 0) is 45.0 Å². The molecule has 0 spiro atoms. The van der Waals surface area contributed by atoms with E-state index in [9.17, 15) is 0 Å². The SMILES string of the molecule is Cc1cc(-n2c(C)ccc2C)c2ccccc2n1. The summed E-state index contributed by atoms with van der Waals surface area (Å²) in [6, 6.07) is 14.8. The zero-order valence-corrected chi connectivity index (χ0v) is 10.9. The minimum Gasteiger partial charge on any atom is -0.318 e. The van der Waals surface area contributed by atoms with E-state index in [2.05, 4.69) is 59.8 Å². The van der Waals surface area contributed by atoms with Crippen LogP contribution < -0.4 is 0 Å². The molecule has 0 saturated carbocycles. The van der Waals surface area contributed by atoms with Crippen molar-refractivity contribution in [3.8, 4) is 5.69 Å². The van der Waals surface area contributed by atoms with E-state index in [4.69, 9.17) is 0 Å². The van der Waals surface area contributed by atoms with Crippen LogP contribution in [0.3, 0.4) is 0 Å². The van der Waals surface area contributed by atoms with Crippen LogP contribution >= 0.6 is 0 Å². The van der Waals surface area contributed by atoms with E-state index < -0.39 is 0 Å². The van der Waals surface area contributed by atoms with Crippen LogP contribution in [0.15, 0.2) is 42.5 Å². The molecule has 0 atom stereocenters. The molecule has 0 aliphatic carbocycles. The maximum absolute atomic E-state index is 4.59. The number of para-hydroxylation sites is 1. The van der Waals surface area contributed by atoms with Gasteiger partial charge in [0.1, 0.15) is 0 Å². The van der Waals surface area contributed by atoms with Gasteiger partial charge < -0.3 is 4.57 Å². The number of hydrogen-bond acceptors (Lipinski definition) is 1. The zero-order chi connectivity index (χ0) is 12.7. The lowest BCUT2D eigenvalue weighted by molar-refractivity contribution is 0.968. The van der Waals surface area contributed by atoms with Gasteiger partial charge in [0.25, 0.3) is 0 Å². The van der Waals surface area contributed by atoms with Gasteiger partial charge in [0.2, 0.25) is 0 Å². The summed E-state index contributed by atoms with van der Waals surface area (Å²) in [5, 5.41) is 1.20. The van der Waals surface area contributed by atoms with E-state index in [-0.39, 0.29) is 0 Å². The Balaban J connectivity index is 2.42. The molecule has 1 aromatic carbocycles. The second-order valence-corrected chi connectivity index (χ2v) is 4.75. The molecule has 90 valence electrons. The molecule has 2 heterocycles. The van der Waals surface area contributed by atoms with E-state index in [1.54, 1.807) is 0 Å². The van der Waals surface area contributed by atoms with Crippen molar-refractivity contribution < 1.29 is 0 Å². The highest BCUT2D eigenvalue weighted by atomic mass is 15.0. The quantitative estimate of drug-likeness (QED) is 0.625. The summed E-state index contributed by atoms with van der Waals surface area (Å²) in [5.41, 5.74) is 5.83. The van der Waals surface area contributed by atoms with Gasteiger partial charge in [0.15, 0.2) is 0 Å². The van der Waals surface area contributed by atoms with Gasteiger partial charge in [-0.15, -0.1) is 0 Å². The second-order valence-electron chi connectivity index (χ2n) is 4.75. The molecular formula is C16H16N2. The third kappa shape index (κ3) is 1.61. The molecule has 0 aliphatic heterocycles. The molecule has 2 aromatic heterocycles. The molecule has 2 nitrogen and oxygen atoms in total. The van der Waals surface area contributed by atoms with E-state index in [1.807, 2.05) is 13.0 Å². The topological polar surface area (TPSA) is 17.8 Å². The minimum atomic E-state index is 1.05. The average molecular weight is 236 g/mol. The first-order valence-electron chi connectivity index (χ1n) is 6.18. The van der Waals surface area contributed by atoms with Crippen LogP contribution in [0, 0.1) is 20.8 Å². The molecule has 0 N–H and O–H groups in total. The lowest BCUT2D eigenvalue weighted by atomic mass is 10.1. The van der Waals surface area contributed by atoms with Gasteiger partial charge in [-0.25, -0.2) is 0 Å². The Bertz CT molecular complexity index is 704. The Morgan fingerprint density at radius 3 is 2.28 bits per heavy atom. The first-order valence-corrected chi connectivity index (χ1v) is 6.18. The molecule has 0 amide bonds. The van der Waals surface area contributed by atoms with Crippen molar-refractivity contribution in [1.29, 1.82) is 0 Å². The third-order valence-corrected chi connectivity index (χ3v) is 3.33. The molecule has 18 heavy (non-hydrogen) atoms. The largest absolute Gasteiger partial charge is 0.318 e. The molecule has 0 aliphatic rings. The Kier molecular flexibility index (Phi) is 2.44. The Hall–Kier alpha value is -2.09. The molecule has 0 unspecified atom stereocenters. The van der Waals surface area contributed by atoms with E-state index in [1.165, 1.54) is 22.5 Å². The van der Waals surface area contributed by atoms with Crippen molar-refractivity contribution >= 4 is 10.9 Å². The van der Waals surface area contributed by atoms with Gasteiger partial charge in [0.05, 0.1) is 11.2 Å². The summed E-state index contributed by atoms with van der Waals surface area (Å²) in [6.45, 7) is 6.32. The molecule has 0 fully saturated rings. The number of rotatable bonds is 1. The van der Waals surface area contributed by atoms with E-state index >= 15 is 0 Å². The highest BCUT2D eigenvalue weighted by Crippen LogP contribution is 2.25. The monoisotopic (exact) mass is 236 g/mol. The zero-order valence-electron chi connectivity index (χ0n) is 10.9. The van der Waals surface area contributed by atoms with Crippen molar-refractivity contribution in [3.63, 3.8) is 0 Å². The van der Waals surface area contributed by atoms with E-state index in [0.29, 0.717) is 0 Å². The fraction of sp³-hybridized carbons (Fsp3) is 0.188. The van der Waals surface area contributed by atoms with Gasteiger partial charge in [-0.3, -0.25) is 4.98 Å². The second kappa shape index (κ2) is 3.98. The van der Waals surface area contributed by atoms with Crippen molar-refractivity contribution in [2.24, 2.45) is 0 Å².